The minimum atomic E-state index is -1.26. The summed E-state index contributed by atoms with van der Waals surface area (Å²) >= 11 is 3.21. The fourth-order valence-electron chi connectivity index (χ4n) is 1.57. The van der Waals surface area contributed by atoms with Crippen LogP contribution in [0, 0.1) is 0 Å². The van der Waals surface area contributed by atoms with E-state index in [-0.39, 0.29) is 6.61 Å². The first kappa shape index (κ1) is 11.7. The Bertz CT molecular complexity index is 392. The van der Waals surface area contributed by atoms with Crippen molar-refractivity contribution < 1.29 is 14.6 Å². The van der Waals surface area contributed by atoms with Gasteiger partial charge in [-0.25, -0.2) is 0 Å². The largest absolute Gasteiger partial charge is 0.483 e. The van der Waals surface area contributed by atoms with Crippen molar-refractivity contribution in [2.45, 2.75) is 25.6 Å². The Kier molecular flexibility index (Phi) is 3.13. The summed E-state index contributed by atoms with van der Waals surface area (Å²) in [6.07, 6.45) is 0. The molecule has 4 heteroatoms. The third-order valence-corrected chi connectivity index (χ3v) is 3.47. The lowest BCUT2D eigenvalue weighted by Crippen LogP contribution is -2.46. The fourth-order valence-corrected chi connectivity index (χ4v) is 1.85. The zero-order valence-corrected chi connectivity index (χ0v) is 11.0. The molecular weight excluding hydrogens is 272 g/mol. The van der Waals surface area contributed by atoms with Crippen LogP contribution in [0.1, 0.15) is 25.3 Å². The summed E-state index contributed by atoms with van der Waals surface area (Å²) in [4.78, 5) is 0. The van der Waals surface area contributed by atoms with Crippen LogP contribution in [-0.2, 0) is 0 Å². The maximum Gasteiger partial charge on any atom is 0.252 e. The molecule has 0 radical (unpaired) electrons. The standard InChI is InChI=1S/C12H15BrO3/c1-8(2)9-3-4-10-11(5-9)16-12(14,6-13)7-15-10/h3-5,8,14H,6-7H2,1-2H3. The first-order valence-electron chi connectivity index (χ1n) is 5.28. The molecular formula is C12H15BrO3. The number of fused-ring (bicyclic) bond motifs is 1. The first-order valence-corrected chi connectivity index (χ1v) is 6.40. The fraction of sp³-hybridized carbons (Fsp3) is 0.500. The molecule has 1 aliphatic heterocycles. The van der Waals surface area contributed by atoms with Crippen molar-refractivity contribution in [1.82, 2.24) is 0 Å². The Hall–Kier alpha value is -0.740. The predicted octanol–water partition coefficient (Wildman–Crippen LogP) is 2.66. The van der Waals surface area contributed by atoms with Gasteiger partial charge in [-0.2, -0.15) is 0 Å². The molecule has 3 nitrogen and oxygen atoms in total. The van der Waals surface area contributed by atoms with Crippen molar-refractivity contribution in [2.24, 2.45) is 0 Å². The van der Waals surface area contributed by atoms with Gasteiger partial charge < -0.3 is 14.6 Å². The summed E-state index contributed by atoms with van der Waals surface area (Å²) in [5, 5.41) is 10.3. The number of ether oxygens (including phenoxy) is 2. The van der Waals surface area contributed by atoms with Crippen molar-refractivity contribution in [3.8, 4) is 11.5 Å². The average Bonchev–Trinajstić information content (AvgIpc) is 2.28. The first-order chi connectivity index (χ1) is 7.54. The van der Waals surface area contributed by atoms with Gasteiger partial charge in [-0.15, -0.1) is 0 Å². The van der Waals surface area contributed by atoms with Crippen LogP contribution in [0.15, 0.2) is 18.2 Å². The van der Waals surface area contributed by atoms with Gasteiger partial charge in [0.25, 0.3) is 5.79 Å². The molecule has 0 amide bonds. The van der Waals surface area contributed by atoms with Crippen LogP contribution in [0.25, 0.3) is 0 Å². The molecule has 1 heterocycles. The molecule has 0 bridgehead atoms. The summed E-state index contributed by atoms with van der Waals surface area (Å²) in [5.41, 5.74) is 1.17. The molecule has 0 aliphatic carbocycles. The van der Waals surface area contributed by atoms with Crippen molar-refractivity contribution >= 4 is 15.9 Å². The van der Waals surface area contributed by atoms with Gasteiger partial charge in [-0.1, -0.05) is 35.8 Å². The molecule has 2 rings (SSSR count). The van der Waals surface area contributed by atoms with E-state index in [4.69, 9.17) is 9.47 Å². The maximum atomic E-state index is 9.96. The molecule has 1 N–H and O–H groups in total. The van der Waals surface area contributed by atoms with Crippen LogP contribution in [0.2, 0.25) is 0 Å². The summed E-state index contributed by atoms with van der Waals surface area (Å²) in [5.74, 6) is 0.463. The lowest BCUT2D eigenvalue weighted by atomic mass is 10.0. The lowest BCUT2D eigenvalue weighted by molar-refractivity contribution is -0.154. The summed E-state index contributed by atoms with van der Waals surface area (Å²) < 4.78 is 11.0. The van der Waals surface area contributed by atoms with E-state index in [0.717, 1.165) is 0 Å². The number of hydrogen-bond donors (Lipinski definition) is 1. The molecule has 0 saturated carbocycles. The molecule has 0 saturated heterocycles. The third kappa shape index (κ3) is 2.18. The van der Waals surface area contributed by atoms with Crippen LogP contribution >= 0.6 is 15.9 Å². The SMILES string of the molecule is CC(C)c1ccc2c(c1)OC(O)(CBr)CO2. The van der Waals surface area contributed by atoms with Gasteiger partial charge >= 0.3 is 0 Å². The molecule has 1 aliphatic rings. The predicted molar refractivity (Wildman–Crippen MR) is 65.4 cm³/mol. The highest BCUT2D eigenvalue weighted by Gasteiger charge is 2.34. The molecule has 0 fully saturated rings. The zero-order valence-electron chi connectivity index (χ0n) is 9.37. The van der Waals surface area contributed by atoms with Crippen LogP contribution < -0.4 is 9.47 Å². The van der Waals surface area contributed by atoms with Gasteiger partial charge in [0.2, 0.25) is 0 Å². The van der Waals surface area contributed by atoms with Crippen LogP contribution in [0.3, 0.4) is 0 Å². The zero-order chi connectivity index (χ0) is 11.8. The quantitative estimate of drug-likeness (QED) is 0.850. The van der Waals surface area contributed by atoms with E-state index in [1.165, 1.54) is 5.56 Å². The van der Waals surface area contributed by atoms with Crippen LogP contribution in [0.5, 0.6) is 11.5 Å². The molecule has 1 unspecified atom stereocenters. The Morgan fingerprint density at radius 1 is 1.44 bits per heavy atom. The smallest absolute Gasteiger partial charge is 0.252 e. The summed E-state index contributed by atoms with van der Waals surface area (Å²) in [6.45, 7) is 4.37. The Morgan fingerprint density at radius 3 is 2.81 bits per heavy atom. The third-order valence-electron chi connectivity index (χ3n) is 2.60. The topological polar surface area (TPSA) is 38.7 Å². The second kappa shape index (κ2) is 4.26. The van der Waals surface area contributed by atoms with Crippen molar-refractivity contribution in [2.75, 3.05) is 11.9 Å². The van der Waals surface area contributed by atoms with E-state index in [0.29, 0.717) is 22.7 Å². The number of hydrogen-bond acceptors (Lipinski definition) is 3. The molecule has 1 aromatic rings. The van der Waals surface area contributed by atoms with E-state index in [9.17, 15) is 5.11 Å². The Labute approximate surface area is 104 Å². The van der Waals surface area contributed by atoms with Crippen LogP contribution in [0.4, 0.5) is 0 Å². The van der Waals surface area contributed by atoms with Gasteiger partial charge in [0, 0.05) is 0 Å². The molecule has 1 atom stereocenters. The van der Waals surface area contributed by atoms with E-state index in [2.05, 4.69) is 29.8 Å². The summed E-state index contributed by atoms with van der Waals surface area (Å²) in [6, 6.07) is 5.83. The highest BCUT2D eigenvalue weighted by atomic mass is 79.9. The summed E-state index contributed by atoms with van der Waals surface area (Å²) in [7, 11) is 0. The minimum absolute atomic E-state index is 0.145. The van der Waals surface area contributed by atoms with Crippen molar-refractivity contribution in [1.29, 1.82) is 0 Å². The number of halogens is 1. The molecule has 0 aromatic heterocycles. The van der Waals surface area contributed by atoms with Crippen molar-refractivity contribution in [3.05, 3.63) is 23.8 Å². The van der Waals surface area contributed by atoms with Gasteiger partial charge in [-0.3, -0.25) is 0 Å². The normalized spacial score (nSPS) is 23.6. The highest BCUT2D eigenvalue weighted by molar-refractivity contribution is 9.09. The minimum Gasteiger partial charge on any atom is -0.483 e. The van der Waals surface area contributed by atoms with E-state index >= 15 is 0 Å². The van der Waals surface area contributed by atoms with E-state index in [1.807, 2.05) is 18.2 Å². The van der Waals surface area contributed by atoms with Gasteiger partial charge in [0.05, 0.1) is 5.33 Å². The molecule has 16 heavy (non-hydrogen) atoms. The number of rotatable bonds is 2. The van der Waals surface area contributed by atoms with E-state index < -0.39 is 5.79 Å². The van der Waals surface area contributed by atoms with Gasteiger partial charge in [0.15, 0.2) is 18.1 Å². The number of alkyl halides is 1. The van der Waals surface area contributed by atoms with Crippen LogP contribution in [-0.4, -0.2) is 22.8 Å². The molecule has 88 valence electrons. The molecule has 0 spiro atoms. The number of aliphatic hydroxyl groups is 1. The Balaban J connectivity index is 2.32. The second-order valence-corrected chi connectivity index (χ2v) is 4.89. The van der Waals surface area contributed by atoms with Gasteiger partial charge in [-0.05, 0) is 23.6 Å². The van der Waals surface area contributed by atoms with E-state index in [1.54, 1.807) is 0 Å². The average molecular weight is 287 g/mol. The lowest BCUT2D eigenvalue weighted by Gasteiger charge is -2.32. The van der Waals surface area contributed by atoms with Crippen molar-refractivity contribution in [3.63, 3.8) is 0 Å². The molecule has 1 aromatic carbocycles. The highest BCUT2D eigenvalue weighted by Crippen LogP contribution is 2.37. The second-order valence-electron chi connectivity index (χ2n) is 4.33. The Morgan fingerprint density at radius 2 is 2.19 bits per heavy atom. The monoisotopic (exact) mass is 286 g/mol. The van der Waals surface area contributed by atoms with Gasteiger partial charge in [0.1, 0.15) is 0 Å². The maximum absolute atomic E-state index is 9.96. The number of benzene rings is 1.